The predicted octanol–water partition coefficient (Wildman–Crippen LogP) is 3.64. The molecule has 1 amide bonds. The van der Waals surface area contributed by atoms with Crippen LogP contribution in [-0.2, 0) is 47.5 Å². The van der Waals surface area contributed by atoms with Crippen LogP contribution in [0.4, 0.5) is 9.59 Å². The Bertz CT molecular complexity index is 2070. The van der Waals surface area contributed by atoms with Gasteiger partial charge in [0.15, 0.2) is 23.6 Å². The first kappa shape index (κ1) is 45.2. The first-order chi connectivity index (χ1) is 28.4. The second kappa shape index (κ2) is 16.2. The van der Waals surface area contributed by atoms with Crippen LogP contribution in [0.5, 0.6) is 0 Å². The van der Waals surface area contributed by atoms with Gasteiger partial charge in [0.1, 0.15) is 41.3 Å². The standard InChI is InChI=1S/C43H53NO17/c1-21-25(58-36(50)30(47)29(24-16-13-17-55-24)44-37(51)60-39(3,4)5)19-43(53)34(59-35(49)23-14-11-10-12-15-23)32-41(8,33(48)31(57-22(2)45)28(21)40(43,6)7)26(46)18-27-42(32,20-56-27)61-38(52)54-9/h10-17,25-27,29-32,34,46-47,53H,18-20H2,1-9H3,(H,44,51)/t25-,26-,27+,29-,30+,31+,32?,34-,41+,42-,43+/m0/s1. The van der Waals surface area contributed by atoms with E-state index in [4.69, 9.17) is 37.6 Å². The van der Waals surface area contributed by atoms with E-state index in [-0.39, 0.29) is 28.9 Å². The zero-order valence-electron chi connectivity index (χ0n) is 35.4. The Morgan fingerprint density at radius 2 is 1.66 bits per heavy atom. The number of rotatable bonds is 9. The highest BCUT2D eigenvalue weighted by atomic mass is 16.8. The lowest BCUT2D eigenvalue weighted by atomic mass is 9.44. The molecule has 2 aromatic rings. The van der Waals surface area contributed by atoms with Gasteiger partial charge in [0, 0.05) is 25.2 Å². The maximum atomic E-state index is 15.5. The fraction of sp³-hybridized carbons (Fsp3) is 0.581. The highest BCUT2D eigenvalue weighted by Gasteiger charge is 2.78. The van der Waals surface area contributed by atoms with Crippen LogP contribution in [0, 0.1) is 16.7 Å². The van der Waals surface area contributed by atoms with Gasteiger partial charge >= 0.3 is 30.2 Å². The summed E-state index contributed by atoms with van der Waals surface area (Å²) in [6, 6.07) is 9.03. The van der Waals surface area contributed by atoms with Crippen molar-refractivity contribution >= 4 is 35.9 Å². The average Bonchev–Trinajstić information content (AvgIpc) is 3.72. The molecule has 18 heteroatoms. The molecule has 0 radical (unpaired) electrons. The quantitative estimate of drug-likeness (QED) is 0.160. The van der Waals surface area contributed by atoms with Crippen LogP contribution in [-0.4, -0.2) is 118 Å². The number of hydrogen-bond acceptors (Lipinski definition) is 17. The number of Topliss-reactive ketones (excluding diaryl/α,β-unsaturated/α-hetero) is 1. The van der Waals surface area contributed by atoms with Crippen LogP contribution in [0.3, 0.4) is 0 Å². The summed E-state index contributed by atoms with van der Waals surface area (Å²) in [5.41, 5.74) is -9.04. The van der Waals surface area contributed by atoms with Gasteiger partial charge in [0.2, 0.25) is 0 Å². The number of esters is 3. The topological polar surface area (TPSA) is 253 Å². The molecule has 2 heterocycles. The first-order valence-corrected chi connectivity index (χ1v) is 19.8. The molecule has 1 aliphatic heterocycles. The molecule has 4 N–H and O–H groups in total. The minimum atomic E-state index is -2.45. The Balaban J connectivity index is 1.54. The maximum absolute atomic E-state index is 15.5. The van der Waals surface area contributed by atoms with Crippen LogP contribution in [0.15, 0.2) is 64.3 Å². The Morgan fingerprint density at radius 3 is 2.21 bits per heavy atom. The smallest absolute Gasteiger partial charge is 0.467 e. The maximum Gasteiger partial charge on any atom is 0.508 e. The van der Waals surface area contributed by atoms with Crippen molar-refractivity contribution < 1.29 is 81.7 Å². The van der Waals surface area contributed by atoms with Gasteiger partial charge < -0.3 is 58.2 Å². The molecule has 0 spiro atoms. The highest BCUT2D eigenvalue weighted by molar-refractivity contribution is 5.95. The second-order valence-electron chi connectivity index (χ2n) is 17.7. The molecule has 1 unspecified atom stereocenters. The number of ether oxygens (including phenoxy) is 7. The molecule has 18 nitrogen and oxygen atoms in total. The zero-order valence-corrected chi connectivity index (χ0v) is 35.4. The number of aliphatic hydroxyl groups excluding tert-OH is 2. The molecule has 3 fully saturated rings. The van der Waals surface area contributed by atoms with Crippen molar-refractivity contribution in [2.45, 2.75) is 128 Å². The number of carbonyl (C=O) groups excluding carboxylic acids is 6. The number of ketones is 1. The largest absolute Gasteiger partial charge is 0.508 e. The lowest BCUT2D eigenvalue weighted by Crippen LogP contribution is -2.82. The van der Waals surface area contributed by atoms with Crippen molar-refractivity contribution in [3.05, 3.63) is 71.2 Å². The summed E-state index contributed by atoms with van der Waals surface area (Å²) in [5.74, 6) is -5.83. The summed E-state index contributed by atoms with van der Waals surface area (Å²) in [6.45, 7) is 11.4. The van der Waals surface area contributed by atoms with E-state index in [0.717, 1.165) is 14.0 Å². The van der Waals surface area contributed by atoms with Crippen molar-refractivity contribution in [1.29, 1.82) is 0 Å². The Morgan fingerprint density at radius 1 is 0.984 bits per heavy atom. The summed E-state index contributed by atoms with van der Waals surface area (Å²) in [7, 11) is 1.06. The molecule has 1 saturated heterocycles. The minimum Gasteiger partial charge on any atom is -0.467 e. The third-order valence-corrected chi connectivity index (χ3v) is 12.6. The van der Waals surface area contributed by atoms with Crippen LogP contribution < -0.4 is 5.32 Å². The SMILES string of the molecule is COC(=O)O[C@@]12CO[C@@H]1C[C@H](O)[C@@]1(C)C(=O)[C@H](OC(C)=O)C3=C(C)[C@@H](OC(=O)[C@H](O)[C@@H](NC(=O)OC(C)(C)C)c4ccco4)C[C@@](O)([C@@H](OC(=O)c4ccccc4)C12)C3(C)C. The second-order valence-corrected chi connectivity index (χ2v) is 17.7. The molecule has 3 aliphatic carbocycles. The number of nitrogens with one attached hydrogen (secondary N) is 1. The van der Waals surface area contributed by atoms with Crippen molar-refractivity contribution in [1.82, 2.24) is 5.32 Å². The Labute approximate surface area is 351 Å². The summed E-state index contributed by atoms with van der Waals surface area (Å²) >= 11 is 0. The molecular weight excluding hydrogens is 802 g/mol. The number of methoxy groups -OCH3 is 1. The van der Waals surface area contributed by atoms with Gasteiger partial charge in [-0.25, -0.2) is 19.2 Å². The number of fused-ring (bicyclic) bond motifs is 5. The van der Waals surface area contributed by atoms with E-state index < -0.39 is 125 Å². The summed E-state index contributed by atoms with van der Waals surface area (Å²) < 4.78 is 45.6. The molecule has 1 aromatic heterocycles. The van der Waals surface area contributed by atoms with Crippen molar-refractivity contribution in [3.63, 3.8) is 0 Å². The van der Waals surface area contributed by atoms with Crippen LogP contribution in [0.25, 0.3) is 0 Å². The fourth-order valence-corrected chi connectivity index (χ4v) is 9.50. The van der Waals surface area contributed by atoms with Gasteiger partial charge in [-0.15, -0.1) is 0 Å². The lowest BCUT2D eigenvalue weighted by molar-refractivity contribution is -0.344. The van der Waals surface area contributed by atoms with Crippen molar-refractivity contribution in [2.24, 2.45) is 16.7 Å². The molecule has 11 atom stereocenters. The molecule has 1 aromatic carbocycles. The summed E-state index contributed by atoms with van der Waals surface area (Å²) in [6.07, 6.45) is -12.0. The summed E-state index contributed by atoms with van der Waals surface area (Å²) in [5, 5.41) is 39.6. The van der Waals surface area contributed by atoms with E-state index >= 15 is 4.79 Å². The summed E-state index contributed by atoms with van der Waals surface area (Å²) in [4.78, 5) is 82.8. The third-order valence-electron chi connectivity index (χ3n) is 12.6. The number of benzene rings is 1. The minimum absolute atomic E-state index is 0.0350. The van der Waals surface area contributed by atoms with Gasteiger partial charge in [0.05, 0.1) is 43.0 Å². The normalized spacial score (nSPS) is 32.5. The molecule has 6 rings (SSSR count). The number of carbonyl (C=O) groups is 6. The van der Waals surface area contributed by atoms with Gasteiger partial charge in [-0.1, -0.05) is 32.0 Å². The molecule has 332 valence electrons. The number of hydrogen-bond donors (Lipinski definition) is 4. The van der Waals surface area contributed by atoms with E-state index in [1.54, 1.807) is 39.0 Å². The fourth-order valence-electron chi connectivity index (χ4n) is 9.50. The van der Waals surface area contributed by atoms with E-state index in [1.807, 2.05) is 0 Å². The van der Waals surface area contributed by atoms with Gasteiger partial charge in [0.25, 0.3) is 0 Å². The molecule has 61 heavy (non-hydrogen) atoms. The van der Waals surface area contributed by atoms with Crippen LogP contribution in [0.1, 0.15) is 90.4 Å². The molecule has 2 saturated carbocycles. The Hall–Kier alpha value is -5.30. The van der Waals surface area contributed by atoms with E-state index in [0.29, 0.717) is 0 Å². The number of alkyl carbamates (subject to hydrolysis) is 1. The predicted molar refractivity (Wildman–Crippen MR) is 207 cm³/mol. The van der Waals surface area contributed by atoms with Crippen molar-refractivity contribution in [3.8, 4) is 0 Å². The highest BCUT2D eigenvalue weighted by Crippen LogP contribution is 2.64. The first-order valence-electron chi connectivity index (χ1n) is 19.8. The van der Waals surface area contributed by atoms with E-state index in [2.05, 4.69) is 5.32 Å². The van der Waals surface area contributed by atoms with Crippen molar-refractivity contribution in [2.75, 3.05) is 13.7 Å². The van der Waals surface area contributed by atoms with Gasteiger partial charge in [-0.2, -0.15) is 0 Å². The molecule has 2 bridgehead atoms. The Kier molecular flexibility index (Phi) is 12.0. The van der Waals surface area contributed by atoms with E-state index in [9.17, 15) is 39.3 Å². The zero-order chi connectivity index (χ0) is 45.0. The third kappa shape index (κ3) is 7.78. The van der Waals surface area contributed by atoms with Gasteiger partial charge in [-0.05, 0) is 70.0 Å². The van der Waals surface area contributed by atoms with Crippen LogP contribution >= 0.6 is 0 Å². The number of amides is 1. The number of furan rings is 1. The average molecular weight is 856 g/mol. The monoisotopic (exact) mass is 855 g/mol. The van der Waals surface area contributed by atoms with Gasteiger partial charge in [-0.3, -0.25) is 9.59 Å². The number of aliphatic hydroxyl groups is 3. The molecular formula is C43H53NO17. The molecule has 4 aliphatic rings. The van der Waals surface area contributed by atoms with E-state index in [1.165, 1.54) is 58.2 Å². The lowest BCUT2D eigenvalue weighted by Gasteiger charge is -2.67. The van der Waals surface area contributed by atoms with Crippen LogP contribution in [0.2, 0.25) is 0 Å².